The number of aromatic nitrogens is 2. The van der Waals surface area contributed by atoms with E-state index in [0.717, 1.165) is 5.56 Å². The number of phenols is 1. The van der Waals surface area contributed by atoms with Gasteiger partial charge in [0, 0.05) is 19.7 Å². The van der Waals surface area contributed by atoms with Crippen molar-refractivity contribution in [1.29, 1.82) is 0 Å². The fourth-order valence-corrected chi connectivity index (χ4v) is 1.78. The highest BCUT2D eigenvalue weighted by Crippen LogP contribution is 2.14. The second kappa shape index (κ2) is 6.56. The number of aromatic hydroxyl groups is 1. The number of hydrogen-bond acceptors (Lipinski definition) is 4. The van der Waals surface area contributed by atoms with Crippen molar-refractivity contribution in [3.8, 4) is 5.75 Å². The molecule has 0 radical (unpaired) electrons. The van der Waals surface area contributed by atoms with Crippen molar-refractivity contribution in [2.45, 2.75) is 12.8 Å². The third-order valence-corrected chi connectivity index (χ3v) is 2.86. The number of rotatable bonds is 4. The topological polar surface area (TPSA) is 96.2 Å². The van der Waals surface area contributed by atoms with Gasteiger partial charge in [-0.3, -0.25) is 25.1 Å². The summed E-state index contributed by atoms with van der Waals surface area (Å²) in [6, 6.07) is 6.10. The molecule has 1 aromatic carbocycles. The first-order valence-corrected chi connectivity index (χ1v) is 6.41. The molecule has 0 spiro atoms. The van der Waals surface area contributed by atoms with Crippen LogP contribution in [0.25, 0.3) is 0 Å². The third-order valence-electron chi connectivity index (χ3n) is 2.86. The van der Waals surface area contributed by atoms with Gasteiger partial charge in [-0.15, -0.1) is 0 Å². The lowest BCUT2D eigenvalue weighted by molar-refractivity contribution is -0.121. The SMILES string of the molecule is Cn1cc(CCC(=O)NNC(=O)c2ccccc2O)cn1. The van der Waals surface area contributed by atoms with E-state index in [1.807, 2.05) is 6.20 Å². The van der Waals surface area contributed by atoms with Crippen molar-refractivity contribution in [2.24, 2.45) is 7.05 Å². The van der Waals surface area contributed by atoms with Crippen molar-refractivity contribution in [2.75, 3.05) is 0 Å². The van der Waals surface area contributed by atoms with Gasteiger partial charge in [-0.2, -0.15) is 5.10 Å². The van der Waals surface area contributed by atoms with Crippen LogP contribution in [0.15, 0.2) is 36.7 Å². The van der Waals surface area contributed by atoms with Gasteiger partial charge < -0.3 is 5.11 Å². The number of nitrogens with one attached hydrogen (secondary N) is 2. The summed E-state index contributed by atoms with van der Waals surface area (Å²) in [5, 5.41) is 13.5. The molecular formula is C14H16N4O3. The molecule has 110 valence electrons. The van der Waals surface area contributed by atoms with Gasteiger partial charge >= 0.3 is 0 Å². The van der Waals surface area contributed by atoms with E-state index >= 15 is 0 Å². The smallest absolute Gasteiger partial charge is 0.273 e. The minimum atomic E-state index is -0.567. The standard InChI is InChI=1S/C14H16N4O3/c1-18-9-10(8-15-18)6-7-13(20)16-17-14(21)11-4-2-3-5-12(11)19/h2-5,8-9,19H,6-7H2,1H3,(H,16,20)(H,17,21). The average molecular weight is 288 g/mol. The summed E-state index contributed by atoms with van der Waals surface area (Å²) < 4.78 is 1.66. The maximum absolute atomic E-state index is 11.7. The number of hydrogen-bond donors (Lipinski definition) is 3. The number of phenolic OH excluding ortho intramolecular Hbond substituents is 1. The summed E-state index contributed by atoms with van der Waals surface area (Å²) in [6.07, 6.45) is 4.28. The fourth-order valence-electron chi connectivity index (χ4n) is 1.78. The monoisotopic (exact) mass is 288 g/mol. The maximum atomic E-state index is 11.7. The van der Waals surface area contributed by atoms with Crippen molar-refractivity contribution < 1.29 is 14.7 Å². The van der Waals surface area contributed by atoms with Gasteiger partial charge in [0.25, 0.3) is 5.91 Å². The Hall–Kier alpha value is -2.83. The lowest BCUT2D eigenvalue weighted by Crippen LogP contribution is -2.41. The molecular weight excluding hydrogens is 272 g/mol. The molecule has 0 aliphatic rings. The molecule has 1 aromatic heterocycles. The summed E-state index contributed by atoms with van der Waals surface area (Å²) in [5.74, 6) is -1.02. The molecule has 0 saturated heterocycles. The zero-order chi connectivity index (χ0) is 15.2. The van der Waals surface area contributed by atoms with Crippen LogP contribution in [-0.2, 0) is 18.3 Å². The summed E-state index contributed by atoms with van der Waals surface area (Å²) in [7, 11) is 1.80. The lowest BCUT2D eigenvalue weighted by Gasteiger charge is -2.08. The minimum Gasteiger partial charge on any atom is -0.507 e. The molecule has 0 aliphatic heterocycles. The largest absolute Gasteiger partial charge is 0.507 e. The lowest BCUT2D eigenvalue weighted by atomic mass is 10.2. The predicted octanol–water partition coefficient (Wildman–Crippen LogP) is 0.519. The minimum absolute atomic E-state index is 0.102. The number of hydrazine groups is 1. The van der Waals surface area contributed by atoms with Crippen molar-refractivity contribution in [1.82, 2.24) is 20.6 Å². The second-order valence-corrected chi connectivity index (χ2v) is 4.54. The Labute approximate surface area is 121 Å². The van der Waals surface area contributed by atoms with E-state index in [1.54, 1.807) is 30.1 Å². The molecule has 21 heavy (non-hydrogen) atoms. The highest BCUT2D eigenvalue weighted by molar-refractivity contribution is 5.97. The van der Waals surface area contributed by atoms with E-state index in [9.17, 15) is 14.7 Å². The number of benzene rings is 1. The van der Waals surface area contributed by atoms with E-state index in [0.29, 0.717) is 6.42 Å². The second-order valence-electron chi connectivity index (χ2n) is 4.54. The third kappa shape index (κ3) is 4.07. The molecule has 2 amide bonds. The van der Waals surface area contributed by atoms with Crippen LogP contribution in [0.1, 0.15) is 22.3 Å². The van der Waals surface area contributed by atoms with Crippen LogP contribution >= 0.6 is 0 Å². The van der Waals surface area contributed by atoms with Crippen LogP contribution in [0.2, 0.25) is 0 Å². The Morgan fingerprint density at radius 3 is 2.71 bits per heavy atom. The molecule has 0 unspecified atom stereocenters. The summed E-state index contributed by atoms with van der Waals surface area (Å²) in [6.45, 7) is 0. The predicted molar refractivity (Wildman–Crippen MR) is 75.2 cm³/mol. The number of para-hydroxylation sites is 1. The highest BCUT2D eigenvalue weighted by Gasteiger charge is 2.11. The molecule has 0 saturated carbocycles. The van der Waals surface area contributed by atoms with Crippen LogP contribution in [0.5, 0.6) is 5.75 Å². The van der Waals surface area contributed by atoms with Crippen molar-refractivity contribution >= 4 is 11.8 Å². The molecule has 2 aromatic rings. The number of nitrogens with zero attached hydrogens (tertiary/aromatic N) is 2. The van der Waals surface area contributed by atoms with Crippen LogP contribution < -0.4 is 10.9 Å². The molecule has 1 heterocycles. The Bertz CT molecular complexity index is 651. The molecule has 3 N–H and O–H groups in total. The van der Waals surface area contributed by atoms with Crippen LogP contribution in [0, 0.1) is 0 Å². The fraction of sp³-hybridized carbons (Fsp3) is 0.214. The van der Waals surface area contributed by atoms with E-state index in [2.05, 4.69) is 16.0 Å². The molecule has 0 atom stereocenters. The molecule has 0 bridgehead atoms. The van der Waals surface area contributed by atoms with Crippen LogP contribution in [0.4, 0.5) is 0 Å². The quantitative estimate of drug-likeness (QED) is 0.715. The van der Waals surface area contributed by atoms with Gasteiger partial charge in [-0.1, -0.05) is 12.1 Å². The first kappa shape index (κ1) is 14.6. The maximum Gasteiger partial charge on any atom is 0.273 e. The number of amides is 2. The highest BCUT2D eigenvalue weighted by atomic mass is 16.3. The first-order valence-electron chi connectivity index (χ1n) is 6.41. The number of aryl methyl sites for hydroxylation is 2. The van der Waals surface area contributed by atoms with Crippen LogP contribution in [0.3, 0.4) is 0 Å². The molecule has 0 fully saturated rings. The summed E-state index contributed by atoms with van der Waals surface area (Å²) in [4.78, 5) is 23.4. The van der Waals surface area contributed by atoms with Gasteiger partial charge in [-0.25, -0.2) is 0 Å². The molecule has 0 aliphatic carbocycles. The molecule has 7 heteroatoms. The Morgan fingerprint density at radius 1 is 1.29 bits per heavy atom. The van der Waals surface area contributed by atoms with Gasteiger partial charge in [0.05, 0.1) is 11.8 Å². The molecule has 7 nitrogen and oxygen atoms in total. The molecule has 2 rings (SSSR count). The van der Waals surface area contributed by atoms with E-state index in [-0.39, 0.29) is 23.6 Å². The van der Waals surface area contributed by atoms with Crippen LogP contribution in [-0.4, -0.2) is 26.7 Å². The number of carbonyl (C=O) groups is 2. The van der Waals surface area contributed by atoms with Gasteiger partial charge in [0.2, 0.25) is 5.91 Å². The van der Waals surface area contributed by atoms with E-state index in [4.69, 9.17) is 0 Å². The number of carbonyl (C=O) groups excluding carboxylic acids is 2. The Kier molecular flexibility index (Phi) is 4.55. The Balaban J connectivity index is 1.79. The van der Waals surface area contributed by atoms with Gasteiger partial charge in [-0.05, 0) is 24.1 Å². The first-order chi connectivity index (χ1) is 10.1. The van der Waals surface area contributed by atoms with Gasteiger partial charge in [0.15, 0.2) is 0 Å². The summed E-state index contributed by atoms with van der Waals surface area (Å²) in [5.41, 5.74) is 5.62. The van der Waals surface area contributed by atoms with Gasteiger partial charge in [0.1, 0.15) is 5.75 Å². The Morgan fingerprint density at radius 2 is 2.05 bits per heavy atom. The normalized spacial score (nSPS) is 10.1. The van der Waals surface area contributed by atoms with E-state index < -0.39 is 5.91 Å². The van der Waals surface area contributed by atoms with Crippen molar-refractivity contribution in [3.63, 3.8) is 0 Å². The summed E-state index contributed by atoms with van der Waals surface area (Å²) >= 11 is 0. The average Bonchev–Trinajstić information content (AvgIpc) is 2.89. The van der Waals surface area contributed by atoms with Crippen molar-refractivity contribution in [3.05, 3.63) is 47.8 Å². The zero-order valence-electron chi connectivity index (χ0n) is 11.5. The van der Waals surface area contributed by atoms with E-state index in [1.165, 1.54) is 12.1 Å². The zero-order valence-corrected chi connectivity index (χ0v) is 11.5.